The number of rotatable bonds is 3. The molecule has 0 atom stereocenters. The molecular formula is C13H16BrNO2. The zero-order valence-electron chi connectivity index (χ0n) is 9.77. The lowest BCUT2D eigenvalue weighted by molar-refractivity contribution is 0.0265. The molecule has 0 unspecified atom stereocenters. The number of aliphatic hydroxyl groups is 1. The molecule has 0 aliphatic heterocycles. The first-order valence-electron chi connectivity index (χ1n) is 5.75. The SMILES string of the molecule is CN(CC1CC(O)C1)C(=O)c1cccc(Br)c1. The smallest absolute Gasteiger partial charge is 0.253 e. The summed E-state index contributed by atoms with van der Waals surface area (Å²) in [6.07, 6.45) is 1.47. The van der Waals surface area contributed by atoms with Crippen LogP contribution in [0.25, 0.3) is 0 Å². The Balaban J connectivity index is 1.95. The highest BCUT2D eigenvalue weighted by Gasteiger charge is 2.29. The topological polar surface area (TPSA) is 40.5 Å². The van der Waals surface area contributed by atoms with Gasteiger partial charge in [0.15, 0.2) is 0 Å². The molecule has 3 nitrogen and oxygen atoms in total. The van der Waals surface area contributed by atoms with E-state index in [0.717, 1.165) is 23.9 Å². The molecule has 0 aromatic heterocycles. The summed E-state index contributed by atoms with van der Waals surface area (Å²) in [5.74, 6) is 0.485. The second kappa shape index (κ2) is 5.19. The summed E-state index contributed by atoms with van der Waals surface area (Å²) in [6, 6.07) is 7.41. The van der Waals surface area contributed by atoms with Gasteiger partial charge in [-0.1, -0.05) is 22.0 Å². The average molecular weight is 298 g/mol. The first-order chi connectivity index (χ1) is 8.06. The van der Waals surface area contributed by atoms with E-state index in [0.29, 0.717) is 11.5 Å². The van der Waals surface area contributed by atoms with Crippen molar-refractivity contribution in [3.8, 4) is 0 Å². The van der Waals surface area contributed by atoms with Crippen LogP contribution in [0.4, 0.5) is 0 Å². The monoisotopic (exact) mass is 297 g/mol. The first kappa shape index (κ1) is 12.6. The summed E-state index contributed by atoms with van der Waals surface area (Å²) in [6.45, 7) is 0.725. The minimum Gasteiger partial charge on any atom is -0.393 e. The third-order valence-corrected chi connectivity index (χ3v) is 3.65. The summed E-state index contributed by atoms with van der Waals surface area (Å²) in [5.41, 5.74) is 0.696. The van der Waals surface area contributed by atoms with Gasteiger partial charge in [0.2, 0.25) is 0 Å². The first-order valence-corrected chi connectivity index (χ1v) is 6.54. The van der Waals surface area contributed by atoms with Gasteiger partial charge in [0, 0.05) is 23.6 Å². The van der Waals surface area contributed by atoms with Crippen LogP contribution < -0.4 is 0 Å². The van der Waals surface area contributed by atoms with Crippen LogP contribution in [0.1, 0.15) is 23.2 Å². The van der Waals surface area contributed by atoms with Crippen molar-refractivity contribution in [3.05, 3.63) is 34.3 Å². The van der Waals surface area contributed by atoms with Gasteiger partial charge < -0.3 is 10.0 Å². The Hall–Kier alpha value is -0.870. The van der Waals surface area contributed by atoms with Crippen LogP contribution in [0.15, 0.2) is 28.7 Å². The van der Waals surface area contributed by atoms with E-state index in [2.05, 4.69) is 15.9 Å². The highest BCUT2D eigenvalue weighted by molar-refractivity contribution is 9.10. The molecule has 1 N–H and O–H groups in total. The fourth-order valence-electron chi connectivity index (χ4n) is 2.16. The Bertz CT molecular complexity index is 416. The zero-order valence-corrected chi connectivity index (χ0v) is 11.4. The highest BCUT2D eigenvalue weighted by Crippen LogP contribution is 2.28. The third kappa shape index (κ3) is 3.07. The number of carbonyl (C=O) groups is 1. The number of hydrogen-bond acceptors (Lipinski definition) is 2. The molecule has 1 aromatic rings. The summed E-state index contributed by atoms with van der Waals surface area (Å²) in [4.78, 5) is 13.8. The molecule has 1 saturated carbocycles. The van der Waals surface area contributed by atoms with Crippen molar-refractivity contribution < 1.29 is 9.90 Å². The average Bonchev–Trinajstić information content (AvgIpc) is 2.26. The van der Waals surface area contributed by atoms with E-state index in [1.807, 2.05) is 31.3 Å². The summed E-state index contributed by atoms with van der Waals surface area (Å²) in [5, 5.41) is 9.21. The van der Waals surface area contributed by atoms with E-state index in [1.54, 1.807) is 4.90 Å². The normalized spacial score (nSPS) is 23.0. The van der Waals surface area contributed by atoms with E-state index in [9.17, 15) is 9.90 Å². The molecule has 1 aromatic carbocycles. The van der Waals surface area contributed by atoms with Gasteiger partial charge in [-0.3, -0.25) is 4.79 Å². The molecular weight excluding hydrogens is 282 g/mol. The lowest BCUT2D eigenvalue weighted by atomic mass is 9.82. The van der Waals surface area contributed by atoms with Gasteiger partial charge in [0.05, 0.1) is 6.10 Å². The van der Waals surface area contributed by atoms with Crippen molar-refractivity contribution in [3.63, 3.8) is 0 Å². The van der Waals surface area contributed by atoms with Gasteiger partial charge in [-0.15, -0.1) is 0 Å². The number of hydrogen-bond donors (Lipinski definition) is 1. The van der Waals surface area contributed by atoms with Crippen molar-refractivity contribution in [2.45, 2.75) is 18.9 Å². The molecule has 0 heterocycles. The lowest BCUT2D eigenvalue weighted by Crippen LogP contribution is -2.39. The quantitative estimate of drug-likeness (QED) is 0.930. The lowest BCUT2D eigenvalue weighted by Gasteiger charge is -2.34. The van der Waals surface area contributed by atoms with E-state index in [4.69, 9.17) is 0 Å². The summed E-state index contributed by atoms with van der Waals surface area (Å²) < 4.78 is 0.913. The fraction of sp³-hybridized carbons (Fsp3) is 0.462. The molecule has 0 spiro atoms. The number of nitrogens with zero attached hydrogens (tertiary/aromatic N) is 1. The van der Waals surface area contributed by atoms with Crippen LogP contribution in [0.2, 0.25) is 0 Å². The van der Waals surface area contributed by atoms with Crippen molar-refractivity contribution in [2.75, 3.05) is 13.6 Å². The van der Waals surface area contributed by atoms with Gasteiger partial charge in [0.1, 0.15) is 0 Å². The third-order valence-electron chi connectivity index (χ3n) is 3.16. The largest absolute Gasteiger partial charge is 0.393 e. The Morgan fingerprint density at radius 1 is 1.53 bits per heavy atom. The Morgan fingerprint density at radius 2 is 2.24 bits per heavy atom. The maximum absolute atomic E-state index is 12.1. The van der Waals surface area contributed by atoms with Crippen LogP contribution in [-0.4, -0.2) is 35.6 Å². The molecule has 92 valence electrons. The Morgan fingerprint density at radius 3 is 2.82 bits per heavy atom. The van der Waals surface area contributed by atoms with Crippen molar-refractivity contribution in [1.82, 2.24) is 4.90 Å². The number of benzene rings is 1. The van der Waals surface area contributed by atoms with Crippen LogP contribution in [0.5, 0.6) is 0 Å². The number of carbonyl (C=O) groups excluding carboxylic acids is 1. The molecule has 1 aliphatic carbocycles. The molecule has 4 heteroatoms. The molecule has 0 bridgehead atoms. The second-order valence-corrected chi connectivity index (χ2v) is 5.60. The maximum atomic E-state index is 12.1. The number of amides is 1. The van der Waals surface area contributed by atoms with E-state index in [1.165, 1.54) is 0 Å². The van der Waals surface area contributed by atoms with E-state index < -0.39 is 0 Å². The minimum atomic E-state index is -0.158. The fourth-order valence-corrected chi connectivity index (χ4v) is 2.56. The summed E-state index contributed by atoms with van der Waals surface area (Å²) >= 11 is 3.36. The van der Waals surface area contributed by atoms with Crippen molar-refractivity contribution >= 4 is 21.8 Å². The van der Waals surface area contributed by atoms with Gasteiger partial charge >= 0.3 is 0 Å². The van der Waals surface area contributed by atoms with Crippen LogP contribution in [0.3, 0.4) is 0 Å². The van der Waals surface area contributed by atoms with Crippen molar-refractivity contribution in [2.24, 2.45) is 5.92 Å². The number of aliphatic hydroxyl groups excluding tert-OH is 1. The molecule has 2 rings (SSSR count). The number of halogens is 1. The predicted octanol–water partition coefficient (Wildman–Crippen LogP) is 2.29. The minimum absolute atomic E-state index is 0.0349. The Kier molecular flexibility index (Phi) is 3.84. The van der Waals surface area contributed by atoms with E-state index in [-0.39, 0.29) is 12.0 Å². The van der Waals surface area contributed by atoms with E-state index >= 15 is 0 Å². The molecule has 1 fully saturated rings. The van der Waals surface area contributed by atoms with Crippen molar-refractivity contribution in [1.29, 1.82) is 0 Å². The zero-order chi connectivity index (χ0) is 12.4. The van der Waals surface area contributed by atoms with Crippen LogP contribution in [0, 0.1) is 5.92 Å². The summed E-state index contributed by atoms with van der Waals surface area (Å²) in [7, 11) is 1.81. The molecule has 1 aliphatic rings. The predicted molar refractivity (Wildman–Crippen MR) is 69.8 cm³/mol. The maximum Gasteiger partial charge on any atom is 0.253 e. The van der Waals surface area contributed by atoms with Gasteiger partial charge in [0.25, 0.3) is 5.91 Å². The van der Waals surface area contributed by atoms with Gasteiger partial charge in [-0.2, -0.15) is 0 Å². The molecule has 0 saturated heterocycles. The second-order valence-electron chi connectivity index (χ2n) is 4.69. The van der Waals surface area contributed by atoms with Crippen LogP contribution >= 0.6 is 15.9 Å². The van der Waals surface area contributed by atoms with Gasteiger partial charge in [-0.05, 0) is 37.0 Å². The highest BCUT2D eigenvalue weighted by atomic mass is 79.9. The standard InChI is InChI=1S/C13H16BrNO2/c1-15(8-9-5-12(16)6-9)13(17)10-3-2-4-11(14)7-10/h2-4,7,9,12,16H,5-6,8H2,1H3. The molecule has 17 heavy (non-hydrogen) atoms. The molecule has 1 amide bonds. The van der Waals surface area contributed by atoms with Crippen LogP contribution in [-0.2, 0) is 0 Å². The van der Waals surface area contributed by atoms with Gasteiger partial charge in [-0.25, -0.2) is 0 Å². The molecule has 0 radical (unpaired) electrons. The Labute approximate surface area is 110 Å².